The van der Waals surface area contributed by atoms with Crippen molar-refractivity contribution in [3.63, 3.8) is 0 Å². The van der Waals surface area contributed by atoms with E-state index >= 15 is 0 Å². The maximum atomic E-state index is 6.24. The average molecular weight is 368 g/mol. The van der Waals surface area contributed by atoms with Crippen LogP contribution in [-0.4, -0.2) is 36.3 Å². The molecule has 3 aromatic rings. The molecule has 0 amide bonds. The van der Waals surface area contributed by atoms with E-state index in [0.717, 1.165) is 22.4 Å². The zero-order valence-corrected chi connectivity index (χ0v) is 16.5. The van der Waals surface area contributed by atoms with E-state index in [1.807, 2.05) is 19.1 Å². The smallest absolute Gasteiger partial charge is 0.203 e. The van der Waals surface area contributed by atoms with E-state index in [4.69, 9.17) is 19.9 Å². The van der Waals surface area contributed by atoms with Gasteiger partial charge in [-0.05, 0) is 30.5 Å². The largest absolute Gasteiger partial charge is 0.493 e. The van der Waals surface area contributed by atoms with E-state index in [1.165, 1.54) is 6.33 Å². The lowest BCUT2D eigenvalue weighted by atomic mass is 9.88. The third-order valence-electron chi connectivity index (χ3n) is 4.59. The van der Waals surface area contributed by atoms with Crippen molar-refractivity contribution in [2.24, 2.45) is 0 Å². The van der Waals surface area contributed by atoms with Crippen molar-refractivity contribution in [2.45, 2.75) is 26.7 Å². The second-order valence-electron chi connectivity index (χ2n) is 6.48. The molecular formula is C20H24N4O3. The Kier molecular flexibility index (Phi) is 5.03. The van der Waals surface area contributed by atoms with Gasteiger partial charge in [0, 0.05) is 16.8 Å². The Morgan fingerprint density at radius 3 is 2.26 bits per heavy atom. The van der Waals surface area contributed by atoms with Crippen LogP contribution >= 0.6 is 0 Å². The van der Waals surface area contributed by atoms with Gasteiger partial charge in [-0.2, -0.15) is 0 Å². The molecule has 0 saturated carbocycles. The highest BCUT2D eigenvalue weighted by Gasteiger charge is 2.25. The number of ether oxygens (including phenoxy) is 3. The number of rotatable bonds is 5. The lowest BCUT2D eigenvalue weighted by Gasteiger charge is -2.22. The molecule has 27 heavy (non-hydrogen) atoms. The Morgan fingerprint density at radius 2 is 1.67 bits per heavy atom. The van der Waals surface area contributed by atoms with Crippen molar-refractivity contribution in [3.8, 4) is 28.4 Å². The van der Waals surface area contributed by atoms with E-state index in [9.17, 15) is 0 Å². The fourth-order valence-corrected chi connectivity index (χ4v) is 3.53. The summed E-state index contributed by atoms with van der Waals surface area (Å²) in [6.07, 6.45) is 1.43. The summed E-state index contributed by atoms with van der Waals surface area (Å²) >= 11 is 0. The summed E-state index contributed by atoms with van der Waals surface area (Å²) in [6, 6.07) is 3.79. The van der Waals surface area contributed by atoms with Gasteiger partial charge in [-0.3, -0.25) is 0 Å². The molecule has 2 N–H and O–H groups in total. The Hall–Kier alpha value is -3.09. The lowest BCUT2D eigenvalue weighted by molar-refractivity contribution is 0.325. The molecule has 7 nitrogen and oxygen atoms in total. The Labute approximate surface area is 158 Å². The van der Waals surface area contributed by atoms with Gasteiger partial charge in [0.25, 0.3) is 0 Å². The average Bonchev–Trinajstić information content (AvgIpc) is 2.65. The Morgan fingerprint density at radius 1 is 0.963 bits per heavy atom. The fraction of sp³-hybridized carbons (Fsp3) is 0.350. The van der Waals surface area contributed by atoms with Crippen LogP contribution in [0.25, 0.3) is 22.2 Å². The second kappa shape index (κ2) is 7.26. The van der Waals surface area contributed by atoms with Gasteiger partial charge in [0.1, 0.15) is 12.1 Å². The zero-order chi connectivity index (χ0) is 19.7. The highest BCUT2D eigenvalue weighted by atomic mass is 16.5. The number of hydrogen-bond acceptors (Lipinski definition) is 7. The van der Waals surface area contributed by atoms with Gasteiger partial charge in [-0.15, -0.1) is 0 Å². The summed E-state index contributed by atoms with van der Waals surface area (Å²) in [4.78, 5) is 13.2. The first kappa shape index (κ1) is 18.7. The molecular weight excluding hydrogens is 344 g/mol. The number of aryl methyl sites for hydroxylation is 1. The molecule has 0 radical (unpaired) electrons. The van der Waals surface area contributed by atoms with Crippen LogP contribution in [0.15, 0.2) is 18.5 Å². The molecule has 142 valence electrons. The van der Waals surface area contributed by atoms with Crippen molar-refractivity contribution in [2.75, 3.05) is 27.1 Å². The van der Waals surface area contributed by atoms with Crippen LogP contribution in [0.1, 0.15) is 31.0 Å². The standard InChI is InChI=1S/C20H24N4O3/c1-10(2)14-11(3)24-20-16(19(21)22-9-23-20)15(14)12-7-8-13(25-4)18(27-6)17(12)26-5/h7-10H,1-6H3,(H2,21,22,23,24). The first-order valence-electron chi connectivity index (χ1n) is 8.64. The van der Waals surface area contributed by atoms with Crippen LogP contribution in [0.2, 0.25) is 0 Å². The summed E-state index contributed by atoms with van der Waals surface area (Å²) in [5.41, 5.74) is 10.5. The van der Waals surface area contributed by atoms with Crippen LogP contribution in [0.5, 0.6) is 17.2 Å². The van der Waals surface area contributed by atoms with Crippen LogP contribution in [0.4, 0.5) is 5.82 Å². The second-order valence-corrected chi connectivity index (χ2v) is 6.48. The van der Waals surface area contributed by atoms with Crippen molar-refractivity contribution < 1.29 is 14.2 Å². The molecule has 0 spiro atoms. The first-order valence-corrected chi connectivity index (χ1v) is 8.64. The fourth-order valence-electron chi connectivity index (χ4n) is 3.53. The number of pyridine rings is 1. The van der Waals surface area contributed by atoms with Gasteiger partial charge in [-0.25, -0.2) is 15.0 Å². The number of nitrogens with two attached hydrogens (primary N) is 1. The van der Waals surface area contributed by atoms with Crippen molar-refractivity contribution in [3.05, 3.63) is 29.7 Å². The maximum Gasteiger partial charge on any atom is 0.203 e. The normalized spacial score (nSPS) is 11.1. The maximum absolute atomic E-state index is 6.24. The number of anilines is 1. The molecule has 2 heterocycles. The van der Waals surface area contributed by atoms with Gasteiger partial charge < -0.3 is 19.9 Å². The van der Waals surface area contributed by atoms with Crippen molar-refractivity contribution in [1.29, 1.82) is 0 Å². The van der Waals surface area contributed by atoms with E-state index in [2.05, 4.69) is 28.8 Å². The summed E-state index contributed by atoms with van der Waals surface area (Å²) in [5.74, 6) is 2.25. The van der Waals surface area contributed by atoms with Crippen molar-refractivity contribution in [1.82, 2.24) is 15.0 Å². The molecule has 0 unspecified atom stereocenters. The molecule has 1 aromatic carbocycles. The molecule has 0 aliphatic rings. The van der Waals surface area contributed by atoms with Crippen LogP contribution in [-0.2, 0) is 0 Å². The number of nitrogens with zero attached hydrogens (tertiary/aromatic N) is 3. The molecule has 7 heteroatoms. The summed E-state index contributed by atoms with van der Waals surface area (Å²) < 4.78 is 16.7. The minimum Gasteiger partial charge on any atom is -0.493 e. The SMILES string of the molecule is COc1ccc(-c2c(C(C)C)c(C)nc3ncnc(N)c23)c(OC)c1OC. The predicted molar refractivity (Wildman–Crippen MR) is 106 cm³/mol. The Bertz CT molecular complexity index is 1000. The predicted octanol–water partition coefficient (Wildman–Crippen LogP) is 3.73. The minimum atomic E-state index is 0.203. The minimum absolute atomic E-state index is 0.203. The number of methoxy groups -OCH3 is 3. The van der Waals surface area contributed by atoms with Gasteiger partial charge in [0.15, 0.2) is 17.1 Å². The van der Waals surface area contributed by atoms with Gasteiger partial charge >= 0.3 is 0 Å². The highest BCUT2D eigenvalue weighted by Crippen LogP contribution is 2.48. The topological polar surface area (TPSA) is 92.4 Å². The van der Waals surface area contributed by atoms with E-state index < -0.39 is 0 Å². The molecule has 0 atom stereocenters. The lowest BCUT2D eigenvalue weighted by Crippen LogP contribution is -2.06. The number of aromatic nitrogens is 3. The quantitative estimate of drug-likeness (QED) is 0.733. The monoisotopic (exact) mass is 368 g/mol. The number of nitrogen functional groups attached to an aromatic ring is 1. The number of fused-ring (bicyclic) bond motifs is 1. The van der Waals surface area contributed by atoms with Crippen molar-refractivity contribution >= 4 is 16.9 Å². The van der Waals surface area contributed by atoms with Crippen LogP contribution in [0.3, 0.4) is 0 Å². The van der Waals surface area contributed by atoms with Crippen LogP contribution < -0.4 is 19.9 Å². The third kappa shape index (κ3) is 2.99. The molecule has 0 bridgehead atoms. The van der Waals surface area contributed by atoms with Gasteiger partial charge in [0.05, 0.1) is 26.7 Å². The van der Waals surface area contributed by atoms with Crippen LogP contribution in [0, 0.1) is 6.92 Å². The van der Waals surface area contributed by atoms with Gasteiger partial charge in [0.2, 0.25) is 5.75 Å². The molecule has 0 aliphatic heterocycles. The molecule has 2 aromatic heterocycles. The first-order chi connectivity index (χ1) is 12.9. The molecule has 3 rings (SSSR count). The molecule has 0 aliphatic carbocycles. The molecule has 0 fully saturated rings. The third-order valence-corrected chi connectivity index (χ3v) is 4.59. The summed E-state index contributed by atoms with van der Waals surface area (Å²) in [7, 11) is 4.78. The van der Waals surface area contributed by atoms with E-state index in [-0.39, 0.29) is 5.92 Å². The number of benzene rings is 1. The van der Waals surface area contributed by atoms with Gasteiger partial charge in [-0.1, -0.05) is 13.8 Å². The summed E-state index contributed by atoms with van der Waals surface area (Å²) in [6.45, 7) is 6.21. The molecule has 0 saturated heterocycles. The highest BCUT2D eigenvalue weighted by molar-refractivity contribution is 6.03. The van der Waals surface area contributed by atoms with E-state index in [1.54, 1.807) is 21.3 Å². The number of hydrogen-bond donors (Lipinski definition) is 1. The van der Waals surface area contributed by atoms with E-state index in [0.29, 0.717) is 34.1 Å². The summed E-state index contributed by atoms with van der Waals surface area (Å²) in [5, 5.41) is 0.706. The Balaban J connectivity index is 2.53. The zero-order valence-electron chi connectivity index (χ0n) is 16.5.